The maximum absolute atomic E-state index is 12.3. The standard InChI is InChI=1S/C15H14N4O2S/c1-21-12-7-6-10-14(18-12)19(13(20)8-16-10)15-17-9-4-2-3-5-11(9)22-15/h6-8H,2-5H2,1H3. The Balaban J connectivity index is 1.98. The minimum atomic E-state index is -0.223. The lowest BCUT2D eigenvalue weighted by atomic mass is 10.0. The summed E-state index contributed by atoms with van der Waals surface area (Å²) in [5.41, 5.74) is 2.02. The number of methoxy groups -OCH3 is 1. The normalized spacial score (nSPS) is 14.0. The molecule has 3 aromatic rings. The molecule has 0 aromatic carbocycles. The van der Waals surface area contributed by atoms with Crippen LogP contribution in [0.5, 0.6) is 5.88 Å². The molecule has 6 nitrogen and oxygen atoms in total. The Labute approximate surface area is 130 Å². The molecule has 1 aliphatic carbocycles. The number of pyridine rings is 1. The summed E-state index contributed by atoms with van der Waals surface area (Å²) < 4.78 is 6.70. The molecule has 0 unspecified atom stereocenters. The summed E-state index contributed by atoms with van der Waals surface area (Å²) >= 11 is 1.57. The van der Waals surface area contributed by atoms with Crippen molar-refractivity contribution in [3.8, 4) is 11.0 Å². The van der Waals surface area contributed by atoms with Crippen molar-refractivity contribution < 1.29 is 4.74 Å². The zero-order valence-electron chi connectivity index (χ0n) is 12.1. The Morgan fingerprint density at radius 3 is 2.91 bits per heavy atom. The number of hydrogen-bond donors (Lipinski definition) is 0. The summed E-state index contributed by atoms with van der Waals surface area (Å²) in [6, 6.07) is 3.53. The Morgan fingerprint density at radius 2 is 2.09 bits per heavy atom. The largest absolute Gasteiger partial charge is 0.481 e. The topological polar surface area (TPSA) is 69.9 Å². The van der Waals surface area contributed by atoms with Gasteiger partial charge in [-0.25, -0.2) is 14.5 Å². The highest BCUT2D eigenvalue weighted by Crippen LogP contribution is 2.29. The van der Waals surface area contributed by atoms with Gasteiger partial charge in [0.2, 0.25) is 5.88 Å². The molecule has 3 aromatic heterocycles. The van der Waals surface area contributed by atoms with Crippen molar-refractivity contribution >= 4 is 22.5 Å². The van der Waals surface area contributed by atoms with Crippen LogP contribution in [0.3, 0.4) is 0 Å². The molecule has 1 aliphatic rings. The van der Waals surface area contributed by atoms with Crippen molar-refractivity contribution in [1.82, 2.24) is 19.5 Å². The van der Waals surface area contributed by atoms with Gasteiger partial charge < -0.3 is 4.74 Å². The Morgan fingerprint density at radius 1 is 1.23 bits per heavy atom. The maximum Gasteiger partial charge on any atom is 0.277 e. The van der Waals surface area contributed by atoms with E-state index in [1.807, 2.05) is 0 Å². The number of rotatable bonds is 2. The third-order valence-electron chi connectivity index (χ3n) is 3.81. The number of nitrogens with zero attached hydrogens (tertiary/aromatic N) is 4. The highest BCUT2D eigenvalue weighted by molar-refractivity contribution is 7.14. The summed E-state index contributed by atoms with van der Waals surface area (Å²) in [5.74, 6) is 0.454. The van der Waals surface area contributed by atoms with Gasteiger partial charge in [-0.15, -0.1) is 11.3 Å². The van der Waals surface area contributed by atoms with Gasteiger partial charge >= 0.3 is 0 Å². The molecular weight excluding hydrogens is 300 g/mol. The molecule has 0 spiro atoms. The second-order valence-corrected chi connectivity index (χ2v) is 6.26. The van der Waals surface area contributed by atoms with E-state index in [4.69, 9.17) is 4.74 Å². The third-order valence-corrected chi connectivity index (χ3v) is 4.95. The molecule has 3 heterocycles. The van der Waals surface area contributed by atoms with Crippen LogP contribution < -0.4 is 10.3 Å². The zero-order valence-corrected chi connectivity index (χ0v) is 12.9. The molecule has 22 heavy (non-hydrogen) atoms. The highest BCUT2D eigenvalue weighted by atomic mass is 32.1. The maximum atomic E-state index is 12.3. The van der Waals surface area contributed by atoms with Crippen LogP contribution in [0, 0.1) is 0 Å². The number of thiazole rings is 1. The average Bonchev–Trinajstić information content (AvgIpc) is 2.97. The lowest BCUT2D eigenvalue weighted by Crippen LogP contribution is -2.19. The van der Waals surface area contributed by atoms with Crippen molar-refractivity contribution in [3.05, 3.63) is 39.3 Å². The molecular formula is C15H14N4O2S. The van der Waals surface area contributed by atoms with E-state index >= 15 is 0 Å². The van der Waals surface area contributed by atoms with Gasteiger partial charge in [0.05, 0.1) is 19.0 Å². The Hall–Kier alpha value is -2.28. The molecule has 4 rings (SSSR count). The van der Waals surface area contributed by atoms with Gasteiger partial charge in [-0.1, -0.05) is 0 Å². The lowest BCUT2D eigenvalue weighted by molar-refractivity contribution is 0.399. The van der Waals surface area contributed by atoms with Crippen molar-refractivity contribution in [1.29, 1.82) is 0 Å². The van der Waals surface area contributed by atoms with Crippen molar-refractivity contribution in [3.63, 3.8) is 0 Å². The fourth-order valence-electron chi connectivity index (χ4n) is 2.71. The molecule has 0 bridgehead atoms. The van der Waals surface area contributed by atoms with Crippen LogP contribution in [0.1, 0.15) is 23.4 Å². The lowest BCUT2D eigenvalue weighted by Gasteiger charge is -2.06. The van der Waals surface area contributed by atoms with Gasteiger partial charge in [-0.2, -0.15) is 4.98 Å². The summed E-state index contributed by atoms with van der Waals surface area (Å²) in [5, 5.41) is 0.671. The van der Waals surface area contributed by atoms with Crippen LogP contribution in [-0.4, -0.2) is 26.6 Å². The minimum Gasteiger partial charge on any atom is -0.481 e. The summed E-state index contributed by atoms with van der Waals surface area (Å²) in [7, 11) is 1.55. The molecule has 7 heteroatoms. The van der Waals surface area contributed by atoms with Crippen LogP contribution >= 0.6 is 11.3 Å². The van der Waals surface area contributed by atoms with E-state index in [0.717, 1.165) is 25.0 Å². The quantitative estimate of drug-likeness (QED) is 0.724. The molecule has 112 valence electrons. The van der Waals surface area contributed by atoms with Gasteiger partial charge in [-0.05, 0) is 31.7 Å². The summed E-state index contributed by atoms with van der Waals surface area (Å²) in [4.78, 5) is 26.8. The smallest absolute Gasteiger partial charge is 0.277 e. The molecule has 0 radical (unpaired) electrons. The van der Waals surface area contributed by atoms with Crippen molar-refractivity contribution in [2.45, 2.75) is 25.7 Å². The van der Waals surface area contributed by atoms with Crippen LogP contribution in [0.25, 0.3) is 16.3 Å². The number of ether oxygens (including phenoxy) is 1. The van der Waals surface area contributed by atoms with Crippen LogP contribution in [0.15, 0.2) is 23.1 Å². The molecule has 0 amide bonds. The fraction of sp³-hybridized carbons (Fsp3) is 0.333. The van der Waals surface area contributed by atoms with Gasteiger partial charge in [0, 0.05) is 10.9 Å². The van der Waals surface area contributed by atoms with Crippen LogP contribution in [-0.2, 0) is 12.8 Å². The van der Waals surface area contributed by atoms with E-state index in [1.165, 1.54) is 22.1 Å². The van der Waals surface area contributed by atoms with Crippen LogP contribution in [0.2, 0.25) is 0 Å². The van der Waals surface area contributed by atoms with Crippen molar-refractivity contribution in [2.24, 2.45) is 0 Å². The zero-order chi connectivity index (χ0) is 15.1. The number of fused-ring (bicyclic) bond motifs is 2. The molecule has 0 saturated carbocycles. The monoisotopic (exact) mass is 314 g/mol. The molecule has 0 atom stereocenters. The van der Waals surface area contributed by atoms with Gasteiger partial charge in [0.1, 0.15) is 5.52 Å². The second-order valence-electron chi connectivity index (χ2n) is 5.20. The number of aryl methyl sites for hydroxylation is 2. The van der Waals surface area contributed by atoms with E-state index < -0.39 is 0 Å². The predicted octanol–water partition coefficient (Wildman–Crippen LogP) is 2.12. The first-order valence-corrected chi connectivity index (χ1v) is 7.99. The highest BCUT2D eigenvalue weighted by Gasteiger charge is 2.18. The SMILES string of the molecule is COc1ccc2ncc(=O)n(-c3nc4c(s3)CCCC4)c2n1. The molecule has 0 N–H and O–H groups in total. The first-order chi connectivity index (χ1) is 10.8. The Bertz CT molecular complexity index is 892. The second kappa shape index (κ2) is 5.17. The average molecular weight is 314 g/mol. The molecule has 0 saturated heterocycles. The van der Waals surface area contributed by atoms with E-state index in [9.17, 15) is 4.79 Å². The Kier molecular flexibility index (Phi) is 3.15. The first kappa shape index (κ1) is 13.4. The van der Waals surface area contributed by atoms with Gasteiger partial charge in [0.25, 0.3) is 5.56 Å². The first-order valence-electron chi connectivity index (χ1n) is 7.18. The summed E-state index contributed by atoms with van der Waals surface area (Å²) in [6.07, 6.45) is 5.69. The number of aromatic nitrogens is 4. The summed E-state index contributed by atoms with van der Waals surface area (Å²) in [6.45, 7) is 0. The van der Waals surface area contributed by atoms with Crippen molar-refractivity contribution in [2.75, 3.05) is 7.11 Å². The fourth-order valence-corrected chi connectivity index (χ4v) is 3.86. The predicted molar refractivity (Wildman–Crippen MR) is 84.0 cm³/mol. The van der Waals surface area contributed by atoms with Gasteiger partial charge in [-0.3, -0.25) is 4.79 Å². The van der Waals surface area contributed by atoms with E-state index in [0.29, 0.717) is 22.2 Å². The van der Waals surface area contributed by atoms with E-state index in [1.54, 1.807) is 30.6 Å². The minimum absolute atomic E-state index is 0.223. The third kappa shape index (κ3) is 2.09. The van der Waals surface area contributed by atoms with Crippen LogP contribution in [0.4, 0.5) is 0 Å². The molecule has 0 fully saturated rings. The van der Waals surface area contributed by atoms with E-state index in [-0.39, 0.29) is 5.56 Å². The van der Waals surface area contributed by atoms with Gasteiger partial charge in [0.15, 0.2) is 10.8 Å². The molecule has 0 aliphatic heterocycles. The number of hydrogen-bond acceptors (Lipinski definition) is 6. The van der Waals surface area contributed by atoms with E-state index in [2.05, 4.69) is 15.0 Å².